The number of methoxy groups -OCH3 is 1. The van der Waals surface area contributed by atoms with Crippen LogP contribution in [0.15, 0.2) is 84.0 Å². The normalized spacial score (nSPS) is 10.9. The van der Waals surface area contributed by atoms with Crippen LogP contribution in [0.3, 0.4) is 0 Å². The highest BCUT2D eigenvalue weighted by Crippen LogP contribution is 2.14. The van der Waals surface area contributed by atoms with E-state index in [0.717, 1.165) is 11.3 Å². The maximum atomic E-state index is 12.9. The SMILES string of the molecule is COc1ccc(/C=C/C(=O)Oc2ccc(C=NNC(=O)c3ccc(F)cc3)cc2)cc1. The van der Waals surface area contributed by atoms with Gasteiger partial charge in [-0.25, -0.2) is 14.6 Å². The second-order valence-electron chi connectivity index (χ2n) is 6.30. The number of halogens is 1. The lowest BCUT2D eigenvalue weighted by Gasteiger charge is -2.02. The quantitative estimate of drug-likeness (QED) is 0.205. The van der Waals surface area contributed by atoms with Gasteiger partial charge in [0.1, 0.15) is 17.3 Å². The molecule has 0 aliphatic rings. The Balaban J connectivity index is 1.50. The van der Waals surface area contributed by atoms with E-state index < -0.39 is 17.7 Å². The lowest BCUT2D eigenvalue weighted by molar-refractivity contribution is -0.128. The first kappa shape index (κ1) is 21.4. The Hall–Kier alpha value is -4.26. The molecule has 31 heavy (non-hydrogen) atoms. The molecule has 0 unspecified atom stereocenters. The van der Waals surface area contributed by atoms with Gasteiger partial charge >= 0.3 is 5.97 Å². The molecule has 0 aromatic heterocycles. The van der Waals surface area contributed by atoms with Crippen LogP contribution in [0.5, 0.6) is 11.5 Å². The molecule has 0 saturated heterocycles. The highest BCUT2D eigenvalue weighted by molar-refractivity contribution is 5.94. The van der Waals surface area contributed by atoms with Crippen molar-refractivity contribution in [3.63, 3.8) is 0 Å². The van der Waals surface area contributed by atoms with E-state index in [1.54, 1.807) is 49.6 Å². The highest BCUT2D eigenvalue weighted by atomic mass is 19.1. The molecular formula is C24H19FN2O4. The predicted octanol–water partition coefficient (Wildman–Crippen LogP) is 4.22. The smallest absolute Gasteiger partial charge is 0.336 e. The fourth-order valence-electron chi connectivity index (χ4n) is 2.48. The molecule has 0 aliphatic carbocycles. The van der Waals surface area contributed by atoms with Gasteiger partial charge < -0.3 is 9.47 Å². The summed E-state index contributed by atoms with van der Waals surface area (Å²) in [5.41, 5.74) is 4.18. The van der Waals surface area contributed by atoms with Crippen LogP contribution in [-0.4, -0.2) is 25.2 Å². The van der Waals surface area contributed by atoms with Gasteiger partial charge in [0.05, 0.1) is 13.3 Å². The van der Waals surface area contributed by atoms with Crippen LogP contribution >= 0.6 is 0 Å². The van der Waals surface area contributed by atoms with E-state index >= 15 is 0 Å². The van der Waals surface area contributed by atoms with E-state index in [0.29, 0.717) is 16.9 Å². The summed E-state index contributed by atoms with van der Waals surface area (Å²) >= 11 is 0. The van der Waals surface area contributed by atoms with Crippen molar-refractivity contribution < 1.29 is 23.5 Å². The molecule has 156 valence electrons. The van der Waals surface area contributed by atoms with Gasteiger partial charge in [0.2, 0.25) is 0 Å². The Kier molecular flexibility index (Phi) is 7.26. The van der Waals surface area contributed by atoms with Gasteiger partial charge in [0.15, 0.2) is 0 Å². The first-order valence-corrected chi connectivity index (χ1v) is 9.26. The number of carbonyl (C=O) groups is 2. The first-order valence-electron chi connectivity index (χ1n) is 9.26. The Morgan fingerprint density at radius 3 is 2.13 bits per heavy atom. The van der Waals surface area contributed by atoms with Crippen LogP contribution in [0.1, 0.15) is 21.5 Å². The molecule has 0 radical (unpaired) electrons. The number of nitrogens with zero attached hydrogens (tertiary/aromatic N) is 1. The molecule has 0 spiro atoms. The summed E-state index contributed by atoms with van der Waals surface area (Å²) in [6.07, 6.45) is 4.42. The minimum Gasteiger partial charge on any atom is -0.497 e. The van der Waals surface area contributed by atoms with Crippen LogP contribution in [0.4, 0.5) is 4.39 Å². The summed E-state index contributed by atoms with van der Waals surface area (Å²) < 4.78 is 23.2. The summed E-state index contributed by atoms with van der Waals surface area (Å²) in [7, 11) is 1.59. The van der Waals surface area contributed by atoms with Gasteiger partial charge in [-0.1, -0.05) is 12.1 Å². The van der Waals surface area contributed by atoms with Gasteiger partial charge in [-0.05, 0) is 77.9 Å². The van der Waals surface area contributed by atoms with E-state index in [9.17, 15) is 14.0 Å². The Morgan fingerprint density at radius 2 is 1.48 bits per heavy atom. The van der Waals surface area contributed by atoms with Crippen molar-refractivity contribution in [2.24, 2.45) is 5.10 Å². The molecule has 1 amide bonds. The Morgan fingerprint density at radius 1 is 0.871 bits per heavy atom. The van der Waals surface area contributed by atoms with E-state index in [2.05, 4.69) is 10.5 Å². The number of carbonyl (C=O) groups excluding carboxylic acids is 2. The van der Waals surface area contributed by atoms with Crippen LogP contribution in [0, 0.1) is 5.82 Å². The number of esters is 1. The molecule has 1 N–H and O–H groups in total. The topological polar surface area (TPSA) is 77.0 Å². The van der Waals surface area contributed by atoms with Gasteiger partial charge in [-0.3, -0.25) is 4.79 Å². The van der Waals surface area contributed by atoms with Gasteiger partial charge in [-0.2, -0.15) is 5.10 Å². The average Bonchev–Trinajstić information content (AvgIpc) is 2.79. The standard InChI is InChI=1S/C24H19FN2O4/c1-30-21-11-2-17(3-12-21)6-15-23(28)31-22-13-4-18(5-14-22)16-26-27-24(29)19-7-9-20(25)10-8-19/h2-16H,1H3,(H,27,29)/b15-6+,26-16?. The molecule has 3 rings (SSSR count). The number of hydrogen-bond donors (Lipinski definition) is 1. The summed E-state index contributed by atoms with van der Waals surface area (Å²) in [5.74, 6) is -0.276. The fraction of sp³-hybridized carbons (Fsp3) is 0.0417. The van der Waals surface area contributed by atoms with Crippen molar-refractivity contribution in [1.82, 2.24) is 5.43 Å². The summed E-state index contributed by atoms with van der Waals surface area (Å²) in [6.45, 7) is 0. The van der Waals surface area contributed by atoms with E-state index in [1.807, 2.05) is 12.1 Å². The third-order valence-corrected chi connectivity index (χ3v) is 4.11. The molecule has 0 bridgehead atoms. The highest BCUT2D eigenvalue weighted by Gasteiger charge is 2.04. The molecule has 3 aromatic rings. The minimum absolute atomic E-state index is 0.295. The second kappa shape index (κ2) is 10.5. The van der Waals surface area contributed by atoms with E-state index in [1.165, 1.54) is 36.6 Å². The summed E-state index contributed by atoms with van der Waals surface area (Å²) in [6, 6.07) is 19.0. The number of hydrazone groups is 1. The molecular weight excluding hydrogens is 399 g/mol. The first-order chi connectivity index (χ1) is 15.0. The third kappa shape index (κ3) is 6.64. The van der Waals surface area contributed by atoms with Crippen molar-refractivity contribution in [3.05, 3.63) is 101 Å². The average molecular weight is 418 g/mol. The zero-order valence-electron chi connectivity index (χ0n) is 16.6. The zero-order valence-corrected chi connectivity index (χ0v) is 16.6. The van der Waals surface area contributed by atoms with E-state index in [4.69, 9.17) is 9.47 Å². The monoisotopic (exact) mass is 418 g/mol. The van der Waals surface area contributed by atoms with Crippen molar-refractivity contribution >= 4 is 24.2 Å². The fourth-order valence-corrected chi connectivity index (χ4v) is 2.48. The minimum atomic E-state index is -0.510. The van der Waals surface area contributed by atoms with Crippen molar-refractivity contribution in [3.8, 4) is 11.5 Å². The predicted molar refractivity (Wildman–Crippen MR) is 116 cm³/mol. The molecule has 0 fully saturated rings. The second-order valence-corrected chi connectivity index (χ2v) is 6.30. The number of nitrogens with one attached hydrogen (secondary N) is 1. The van der Waals surface area contributed by atoms with E-state index in [-0.39, 0.29) is 0 Å². The van der Waals surface area contributed by atoms with Crippen molar-refractivity contribution in [2.75, 3.05) is 7.11 Å². The number of hydrogen-bond acceptors (Lipinski definition) is 5. The molecule has 3 aromatic carbocycles. The van der Waals surface area contributed by atoms with Gasteiger partial charge in [0.25, 0.3) is 5.91 Å². The molecule has 7 heteroatoms. The van der Waals surface area contributed by atoms with Crippen LogP contribution < -0.4 is 14.9 Å². The molecule has 6 nitrogen and oxygen atoms in total. The molecule has 0 heterocycles. The Bertz CT molecular complexity index is 1090. The largest absolute Gasteiger partial charge is 0.497 e. The number of benzene rings is 3. The van der Waals surface area contributed by atoms with Crippen LogP contribution in [0.25, 0.3) is 6.08 Å². The van der Waals surface area contributed by atoms with Crippen LogP contribution in [0.2, 0.25) is 0 Å². The maximum Gasteiger partial charge on any atom is 0.336 e. The van der Waals surface area contributed by atoms with Crippen molar-refractivity contribution in [1.29, 1.82) is 0 Å². The van der Waals surface area contributed by atoms with Crippen LogP contribution in [-0.2, 0) is 4.79 Å². The Labute approximate surface area is 178 Å². The molecule has 0 atom stereocenters. The molecule has 0 saturated carbocycles. The lowest BCUT2D eigenvalue weighted by atomic mass is 10.2. The number of ether oxygens (including phenoxy) is 2. The van der Waals surface area contributed by atoms with Gasteiger partial charge in [0, 0.05) is 11.6 Å². The zero-order chi connectivity index (χ0) is 22.1. The third-order valence-electron chi connectivity index (χ3n) is 4.11. The molecule has 0 aliphatic heterocycles. The summed E-state index contributed by atoms with van der Waals surface area (Å²) in [5, 5.41) is 3.86. The number of rotatable bonds is 7. The lowest BCUT2D eigenvalue weighted by Crippen LogP contribution is -2.17. The van der Waals surface area contributed by atoms with Gasteiger partial charge in [-0.15, -0.1) is 0 Å². The number of amides is 1. The summed E-state index contributed by atoms with van der Waals surface area (Å²) in [4.78, 5) is 23.9. The maximum absolute atomic E-state index is 12.9. The van der Waals surface area contributed by atoms with Crippen molar-refractivity contribution in [2.45, 2.75) is 0 Å².